The van der Waals surface area contributed by atoms with Gasteiger partial charge in [-0.25, -0.2) is 4.74 Å². The van der Waals surface area contributed by atoms with E-state index in [1.54, 1.807) is 18.2 Å². The molecule has 0 atom stereocenters. The predicted octanol–water partition coefficient (Wildman–Crippen LogP) is 3.72. The number of hydrogen-bond donors (Lipinski definition) is 0. The van der Waals surface area contributed by atoms with Crippen LogP contribution in [0.4, 0.5) is 0 Å². The molecule has 0 bridgehead atoms. The van der Waals surface area contributed by atoms with Gasteiger partial charge in [-0.2, -0.15) is 0 Å². The number of rotatable bonds is 1. The molecule has 1 aromatic carbocycles. The highest BCUT2D eigenvalue weighted by molar-refractivity contribution is 6.36. The second kappa shape index (κ2) is 4.42. The molecule has 0 aliphatic heterocycles. The smallest absolute Gasteiger partial charge is 0.183 e. The first-order chi connectivity index (χ1) is 6.80. The van der Waals surface area contributed by atoms with Gasteiger partial charge in [0.25, 0.3) is 0 Å². The van der Waals surface area contributed by atoms with Crippen molar-refractivity contribution in [1.29, 1.82) is 0 Å². The Balaban J connectivity index is 3.09. The van der Waals surface area contributed by atoms with Gasteiger partial charge in [0, 0.05) is 25.8 Å². The summed E-state index contributed by atoms with van der Waals surface area (Å²) in [6, 6.07) is 5.04. The van der Waals surface area contributed by atoms with Crippen molar-refractivity contribution in [3.05, 3.63) is 39.0 Å². The summed E-state index contributed by atoms with van der Waals surface area (Å²) in [5.41, 5.74) is 0.203. The van der Waals surface area contributed by atoms with Crippen LogP contribution in [0.15, 0.2) is 18.2 Å². The van der Waals surface area contributed by atoms with E-state index in [9.17, 15) is 5.21 Å². The second-order valence-corrected chi connectivity index (χ2v) is 5.14. The van der Waals surface area contributed by atoms with Crippen LogP contribution < -0.4 is 0 Å². The van der Waals surface area contributed by atoms with Gasteiger partial charge in [0.1, 0.15) is 0 Å². The van der Waals surface area contributed by atoms with Gasteiger partial charge in [0.2, 0.25) is 0 Å². The van der Waals surface area contributed by atoms with Gasteiger partial charge in [-0.05, 0) is 18.2 Å². The lowest BCUT2D eigenvalue weighted by molar-refractivity contribution is -0.530. The third-order valence-electron chi connectivity index (χ3n) is 1.88. The van der Waals surface area contributed by atoms with Gasteiger partial charge in [0.05, 0.1) is 10.6 Å². The minimum Gasteiger partial charge on any atom is -0.623 e. The Hall–Kier alpha value is -0.730. The number of nitrogens with zero attached hydrogens (tertiary/aromatic N) is 1. The van der Waals surface area contributed by atoms with Crippen LogP contribution >= 0.6 is 23.2 Å². The highest BCUT2D eigenvalue weighted by Crippen LogP contribution is 2.20. The summed E-state index contributed by atoms with van der Waals surface area (Å²) in [5.74, 6) is 0. The van der Waals surface area contributed by atoms with E-state index in [1.165, 1.54) is 6.21 Å². The summed E-state index contributed by atoms with van der Waals surface area (Å²) in [7, 11) is 0. The standard InChI is InChI=1S/C11H13Cl2NO/c1-11(2,3)14(15)7-8-4-5-9(12)6-10(8)13/h4-7H,1-3H3/b14-7-. The van der Waals surface area contributed by atoms with E-state index in [4.69, 9.17) is 23.2 Å². The fourth-order valence-corrected chi connectivity index (χ4v) is 1.38. The zero-order valence-corrected chi connectivity index (χ0v) is 10.4. The van der Waals surface area contributed by atoms with Gasteiger partial charge in [-0.1, -0.05) is 23.2 Å². The highest BCUT2D eigenvalue weighted by atomic mass is 35.5. The maximum atomic E-state index is 11.6. The summed E-state index contributed by atoms with van der Waals surface area (Å²) in [4.78, 5) is 0. The zero-order valence-electron chi connectivity index (χ0n) is 8.92. The minimum absolute atomic E-state index is 0.469. The maximum Gasteiger partial charge on any atom is 0.183 e. The van der Waals surface area contributed by atoms with E-state index in [0.29, 0.717) is 15.6 Å². The Morgan fingerprint density at radius 2 is 1.87 bits per heavy atom. The van der Waals surface area contributed by atoms with Gasteiger partial charge in [0.15, 0.2) is 11.8 Å². The van der Waals surface area contributed by atoms with E-state index in [-0.39, 0.29) is 0 Å². The van der Waals surface area contributed by atoms with E-state index in [0.717, 1.165) is 4.74 Å². The molecule has 0 saturated heterocycles. The molecule has 0 amide bonds. The number of hydroxylamine groups is 1. The molecule has 0 saturated carbocycles. The Labute approximate surface area is 99.7 Å². The van der Waals surface area contributed by atoms with Crippen LogP contribution in [0, 0.1) is 5.21 Å². The monoisotopic (exact) mass is 245 g/mol. The van der Waals surface area contributed by atoms with Crippen LogP contribution in [0.5, 0.6) is 0 Å². The van der Waals surface area contributed by atoms with Crippen molar-refractivity contribution in [3.8, 4) is 0 Å². The lowest BCUT2D eigenvalue weighted by Gasteiger charge is -2.18. The molecule has 0 aromatic heterocycles. The molecule has 0 unspecified atom stereocenters. The summed E-state index contributed by atoms with van der Waals surface area (Å²) >= 11 is 11.7. The largest absolute Gasteiger partial charge is 0.623 e. The molecule has 15 heavy (non-hydrogen) atoms. The Kier molecular flexibility index (Phi) is 3.63. The molecule has 0 N–H and O–H groups in total. The van der Waals surface area contributed by atoms with Crippen LogP contribution in [-0.2, 0) is 0 Å². The maximum absolute atomic E-state index is 11.6. The molecule has 2 nitrogen and oxygen atoms in total. The average molecular weight is 246 g/mol. The first-order valence-electron chi connectivity index (χ1n) is 4.57. The molecule has 0 aliphatic carbocycles. The molecule has 82 valence electrons. The molecule has 0 heterocycles. The molecular weight excluding hydrogens is 233 g/mol. The summed E-state index contributed by atoms with van der Waals surface area (Å²) in [6.07, 6.45) is 1.47. The van der Waals surface area contributed by atoms with Crippen molar-refractivity contribution in [2.75, 3.05) is 0 Å². The van der Waals surface area contributed by atoms with E-state index >= 15 is 0 Å². The van der Waals surface area contributed by atoms with Crippen molar-refractivity contribution in [2.45, 2.75) is 26.3 Å². The summed E-state index contributed by atoms with van der Waals surface area (Å²) < 4.78 is 0.877. The predicted molar refractivity (Wildman–Crippen MR) is 65.0 cm³/mol. The van der Waals surface area contributed by atoms with Crippen LogP contribution in [0.3, 0.4) is 0 Å². The topological polar surface area (TPSA) is 26.1 Å². The van der Waals surface area contributed by atoms with E-state index in [2.05, 4.69) is 0 Å². The molecule has 0 radical (unpaired) electrons. The van der Waals surface area contributed by atoms with Crippen molar-refractivity contribution in [3.63, 3.8) is 0 Å². The van der Waals surface area contributed by atoms with Crippen LogP contribution in [-0.4, -0.2) is 16.5 Å². The summed E-state index contributed by atoms with van der Waals surface area (Å²) in [6.45, 7) is 5.50. The van der Waals surface area contributed by atoms with Gasteiger partial charge in [-0.3, -0.25) is 0 Å². The fourth-order valence-electron chi connectivity index (χ4n) is 0.926. The van der Waals surface area contributed by atoms with E-state index in [1.807, 2.05) is 20.8 Å². The molecule has 0 aliphatic rings. The quantitative estimate of drug-likeness (QED) is 0.321. The zero-order chi connectivity index (χ0) is 11.6. The second-order valence-electron chi connectivity index (χ2n) is 4.29. The average Bonchev–Trinajstić information content (AvgIpc) is 2.08. The lowest BCUT2D eigenvalue weighted by Crippen LogP contribution is -2.29. The molecule has 1 aromatic rings. The fraction of sp³-hybridized carbons (Fsp3) is 0.364. The lowest BCUT2D eigenvalue weighted by atomic mass is 10.1. The van der Waals surface area contributed by atoms with Crippen molar-refractivity contribution in [2.24, 2.45) is 0 Å². The van der Waals surface area contributed by atoms with Crippen molar-refractivity contribution < 1.29 is 4.74 Å². The molecular formula is C11H13Cl2NO. The number of hydrogen-bond acceptors (Lipinski definition) is 1. The SMILES string of the molecule is CC(C)(C)/[N+]([O-])=C/c1ccc(Cl)cc1Cl. The third-order valence-corrected chi connectivity index (χ3v) is 2.44. The summed E-state index contributed by atoms with van der Waals surface area (Å²) in [5, 5.41) is 12.7. The Bertz CT molecular complexity index is 394. The van der Waals surface area contributed by atoms with Gasteiger partial charge in [-0.15, -0.1) is 0 Å². The first-order valence-corrected chi connectivity index (χ1v) is 5.32. The van der Waals surface area contributed by atoms with Crippen LogP contribution in [0.2, 0.25) is 10.0 Å². The number of halogens is 2. The first kappa shape index (κ1) is 12.3. The molecule has 0 spiro atoms. The van der Waals surface area contributed by atoms with E-state index < -0.39 is 5.54 Å². The Morgan fingerprint density at radius 1 is 1.27 bits per heavy atom. The van der Waals surface area contributed by atoms with Gasteiger partial charge >= 0.3 is 0 Å². The molecule has 0 fully saturated rings. The number of benzene rings is 1. The highest BCUT2D eigenvalue weighted by Gasteiger charge is 2.18. The van der Waals surface area contributed by atoms with Crippen molar-refractivity contribution in [1.82, 2.24) is 0 Å². The molecule has 1 rings (SSSR count). The minimum atomic E-state index is -0.469. The normalized spacial score (nSPS) is 13.0. The van der Waals surface area contributed by atoms with Gasteiger partial charge < -0.3 is 5.21 Å². The molecule has 4 heteroatoms. The van der Waals surface area contributed by atoms with Crippen molar-refractivity contribution >= 4 is 29.4 Å². The third kappa shape index (κ3) is 3.40. The van der Waals surface area contributed by atoms with Crippen LogP contribution in [0.25, 0.3) is 0 Å². The van der Waals surface area contributed by atoms with Crippen LogP contribution in [0.1, 0.15) is 26.3 Å². The Morgan fingerprint density at radius 3 is 2.33 bits per heavy atom.